The lowest BCUT2D eigenvalue weighted by atomic mass is 10.2. The molecule has 3 nitrogen and oxygen atoms in total. The van der Waals surface area contributed by atoms with Crippen molar-refractivity contribution in [3.05, 3.63) is 0 Å². The summed E-state index contributed by atoms with van der Waals surface area (Å²) >= 11 is 0. The fourth-order valence-electron chi connectivity index (χ4n) is 0.995. The molecule has 2 N–H and O–H groups in total. The molecule has 2 amide bonds. The third-order valence-corrected chi connectivity index (χ3v) is 1.85. The maximum Gasteiger partial charge on any atom is 0.314 e. The van der Waals surface area contributed by atoms with Crippen LogP contribution in [0.25, 0.3) is 0 Å². The Hall–Kier alpha value is -1.17. The second-order valence-corrected chi connectivity index (χ2v) is 3.20. The summed E-state index contributed by atoms with van der Waals surface area (Å²) in [6.07, 6.45) is 9.95. The molecule has 0 heterocycles. The van der Waals surface area contributed by atoms with Gasteiger partial charge in [0.1, 0.15) is 0 Å². The van der Waals surface area contributed by atoms with E-state index in [2.05, 4.69) is 23.5 Å². The minimum atomic E-state index is -0.0702. The summed E-state index contributed by atoms with van der Waals surface area (Å²) in [5.74, 6) is 2.57. The molecule has 0 aromatic rings. The van der Waals surface area contributed by atoms with Gasteiger partial charge in [-0.05, 0) is 19.3 Å². The van der Waals surface area contributed by atoms with Gasteiger partial charge >= 0.3 is 6.03 Å². The van der Waals surface area contributed by atoms with Gasteiger partial charge in [-0.1, -0.05) is 13.3 Å². The molecular weight excluding hydrogens is 176 g/mol. The fourth-order valence-corrected chi connectivity index (χ4v) is 0.995. The van der Waals surface area contributed by atoms with Crippen molar-refractivity contribution < 1.29 is 4.79 Å². The number of carbonyl (C=O) groups is 1. The van der Waals surface area contributed by atoms with Crippen LogP contribution in [-0.2, 0) is 0 Å². The number of urea groups is 1. The number of terminal acetylenes is 1. The molecule has 0 unspecified atom stereocenters. The molecule has 0 spiro atoms. The van der Waals surface area contributed by atoms with E-state index in [0.717, 1.165) is 38.6 Å². The Morgan fingerprint density at radius 3 is 2.43 bits per heavy atom. The van der Waals surface area contributed by atoms with Gasteiger partial charge in [0.25, 0.3) is 0 Å². The van der Waals surface area contributed by atoms with Gasteiger partial charge in [0.15, 0.2) is 0 Å². The maximum atomic E-state index is 11.1. The van der Waals surface area contributed by atoms with Gasteiger partial charge < -0.3 is 10.6 Å². The summed E-state index contributed by atoms with van der Waals surface area (Å²) in [5, 5.41) is 5.57. The smallest absolute Gasteiger partial charge is 0.314 e. The van der Waals surface area contributed by atoms with Crippen molar-refractivity contribution in [2.75, 3.05) is 13.1 Å². The van der Waals surface area contributed by atoms with Crippen LogP contribution in [0.4, 0.5) is 4.79 Å². The Morgan fingerprint density at radius 1 is 1.21 bits per heavy atom. The molecule has 0 fully saturated rings. The van der Waals surface area contributed by atoms with Crippen LogP contribution in [0.2, 0.25) is 0 Å². The first-order valence-corrected chi connectivity index (χ1v) is 5.26. The molecule has 0 aliphatic rings. The number of hydrogen-bond donors (Lipinski definition) is 2. The zero-order valence-corrected chi connectivity index (χ0v) is 8.94. The highest BCUT2D eigenvalue weighted by Crippen LogP contribution is 1.91. The number of carbonyl (C=O) groups excluding carboxylic acids is 1. The number of unbranched alkanes of at least 4 members (excludes halogenated alkanes) is 3. The monoisotopic (exact) mass is 196 g/mol. The molecule has 0 atom stereocenters. The van der Waals surface area contributed by atoms with Crippen molar-refractivity contribution in [2.24, 2.45) is 0 Å². The summed E-state index contributed by atoms with van der Waals surface area (Å²) < 4.78 is 0. The van der Waals surface area contributed by atoms with E-state index in [0.29, 0.717) is 6.54 Å². The van der Waals surface area contributed by atoms with Gasteiger partial charge in [0.2, 0.25) is 0 Å². The van der Waals surface area contributed by atoms with Crippen LogP contribution in [0.1, 0.15) is 39.0 Å². The van der Waals surface area contributed by atoms with Gasteiger partial charge in [-0.15, -0.1) is 12.3 Å². The van der Waals surface area contributed by atoms with Crippen LogP contribution < -0.4 is 10.6 Å². The van der Waals surface area contributed by atoms with E-state index in [4.69, 9.17) is 6.42 Å². The van der Waals surface area contributed by atoms with Gasteiger partial charge in [-0.2, -0.15) is 0 Å². The minimum absolute atomic E-state index is 0.0702. The topological polar surface area (TPSA) is 41.1 Å². The Bertz CT molecular complexity index is 184. The van der Waals surface area contributed by atoms with Crippen LogP contribution in [-0.4, -0.2) is 19.1 Å². The molecule has 0 bridgehead atoms. The molecular formula is C11H20N2O. The quantitative estimate of drug-likeness (QED) is 0.474. The zero-order chi connectivity index (χ0) is 10.6. The Morgan fingerprint density at radius 2 is 1.86 bits per heavy atom. The Kier molecular flexibility index (Phi) is 9.09. The molecule has 0 saturated carbocycles. The number of rotatable bonds is 7. The third kappa shape index (κ3) is 8.92. The van der Waals surface area contributed by atoms with Gasteiger partial charge in [0, 0.05) is 19.5 Å². The lowest BCUT2D eigenvalue weighted by Crippen LogP contribution is -2.36. The van der Waals surface area contributed by atoms with E-state index in [1.807, 2.05) is 0 Å². The van der Waals surface area contributed by atoms with Gasteiger partial charge in [-0.3, -0.25) is 0 Å². The van der Waals surface area contributed by atoms with Crippen LogP contribution in [0, 0.1) is 12.3 Å². The molecule has 0 aromatic heterocycles. The second kappa shape index (κ2) is 9.91. The fraction of sp³-hybridized carbons (Fsp3) is 0.727. The molecule has 80 valence electrons. The van der Waals surface area contributed by atoms with Crippen LogP contribution in [0.3, 0.4) is 0 Å². The van der Waals surface area contributed by atoms with Crippen molar-refractivity contribution in [3.63, 3.8) is 0 Å². The average Bonchev–Trinajstić information content (AvgIpc) is 2.18. The highest BCUT2D eigenvalue weighted by molar-refractivity contribution is 5.73. The van der Waals surface area contributed by atoms with Crippen LogP contribution in [0.5, 0.6) is 0 Å². The maximum absolute atomic E-state index is 11.1. The average molecular weight is 196 g/mol. The highest BCUT2D eigenvalue weighted by atomic mass is 16.2. The van der Waals surface area contributed by atoms with Crippen molar-refractivity contribution in [1.29, 1.82) is 0 Å². The summed E-state index contributed by atoms with van der Waals surface area (Å²) in [7, 11) is 0. The molecule has 0 radical (unpaired) electrons. The summed E-state index contributed by atoms with van der Waals surface area (Å²) in [5.41, 5.74) is 0. The van der Waals surface area contributed by atoms with Crippen LogP contribution >= 0.6 is 0 Å². The Labute approximate surface area is 86.6 Å². The van der Waals surface area contributed by atoms with E-state index >= 15 is 0 Å². The molecule has 0 aliphatic heterocycles. The van der Waals surface area contributed by atoms with E-state index in [-0.39, 0.29) is 6.03 Å². The predicted octanol–water partition coefficient (Wildman–Crippen LogP) is 1.89. The van der Waals surface area contributed by atoms with Crippen molar-refractivity contribution in [2.45, 2.75) is 39.0 Å². The number of hydrogen-bond acceptors (Lipinski definition) is 1. The van der Waals surface area contributed by atoms with Gasteiger partial charge in [-0.25, -0.2) is 4.79 Å². The first kappa shape index (κ1) is 12.8. The molecule has 14 heavy (non-hydrogen) atoms. The third-order valence-electron chi connectivity index (χ3n) is 1.85. The van der Waals surface area contributed by atoms with Crippen molar-refractivity contribution >= 4 is 6.03 Å². The van der Waals surface area contributed by atoms with Crippen molar-refractivity contribution in [1.82, 2.24) is 10.6 Å². The van der Waals surface area contributed by atoms with E-state index in [9.17, 15) is 4.79 Å². The van der Waals surface area contributed by atoms with Gasteiger partial charge in [0.05, 0.1) is 0 Å². The standard InChI is InChI=1S/C11H20N2O/c1-3-5-7-8-10-13-11(14)12-9-6-4-2/h1H,4-10H2,2H3,(H2,12,13,14). The molecule has 0 aromatic carbocycles. The molecule has 0 saturated heterocycles. The predicted molar refractivity (Wildman–Crippen MR) is 59.0 cm³/mol. The van der Waals surface area contributed by atoms with Crippen LogP contribution in [0.15, 0.2) is 0 Å². The number of amides is 2. The lowest BCUT2D eigenvalue weighted by Gasteiger charge is -2.05. The van der Waals surface area contributed by atoms with E-state index in [1.54, 1.807) is 0 Å². The summed E-state index contributed by atoms with van der Waals surface area (Å²) in [6.45, 7) is 3.56. The SMILES string of the molecule is C#CCCCCNC(=O)NCCCC. The second-order valence-electron chi connectivity index (χ2n) is 3.20. The molecule has 0 rings (SSSR count). The number of nitrogens with one attached hydrogen (secondary N) is 2. The largest absolute Gasteiger partial charge is 0.338 e. The first-order chi connectivity index (χ1) is 6.81. The lowest BCUT2D eigenvalue weighted by molar-refractivity contribution is 0.240. The summed E-state index contributed by atoms with van der Waals surface area (Å²) in [4.78, 5) is 11.1. The molecule has 3 heteroatoms. The zero-order valence-electron chi connectivity index (χ0n) is 8.94. The summed E-state index contributed by atoms with van der Waals surface area (Å²) in [6, 6.07) is -0.0702. The van der Waals surface area contributed by atoms with E-state index in [1.165, 1.54) is 0 Å². The highest BCUT2D eigenvalue weighted by Gasteiger charge is 1.96. The first-order valence-electron chi connectivity index (χ1n) is 5.26. The molecule has 0 aliphatic carbocycles. The Balaban J connectivity index is 3.15. The minimum Gasteiger partial charge on any atom is -0.338 e. The normalized spacial score (nSPS) is 9.14. The van der Waals surface area contributed by atoms with E-state index < -0.39 is 0 Å². The van der Waals surface area contributed by atoms with Crippen molar-refractivity contribution in [3.8, 4) is 12.3 Å².